The van der Waals surface area contributed by atoms with E-state index in [1.807, 2.05) is 0 Å². The van der Waals surface area contributed by atoms with E-state index >= 15 is 0 Å². The lowest BCUT2D eigenvalue weighted by atomic mass is 10.0. The number of rotatable bonds is 6. The Morgan fingerprint density at radius 2 is 2.16 bits per heavy atom. The minimum absolute atomic E-state index is 0.267. The molecule has 0 fully saturated rings. The van der Waals surface area contributed by atoms with Crippen LogP contribution in [-0.2, 0) is 6.42 Å². The smallest absolute Gasteiger partial charge is 0.138 e. The van der Waals surface area contributed by atoms with E-state index < -0.39 is 0 Å². The molecule has 3 N–H and O–H groups in total. The van der Waals surface area contributed by atoms with E-state index in [1.165, 1.54) is 4.88 Å². The van der Waals surface area contributed by atoms with Gasteiger partial charge in [-0.1, -0.05) is 20.8 Å². The summed E-state index contributed by atoms with van der Waals surface area (Å²) < 4.78 is 0. The molecule has 104 valence electrons. The minimum Gasteiger partial charge on any atom is -0.365 e. The van der Waals surface area contributed by atoms with Gasteiger partial charge in [0.25, 0.3) is 0 Å². The molecule has 0 radical (unpaired) electrons. The number of fused-ring (bicyclic) bond motifs is 1. The summed E-state index contributed by atoms with van der Waals surface area (Å²) in [6, 6.07) is 2.45. The molecular formula is C14H22N4S. The van der Waals surface area contributed by atoms with Crippen molar-refractivity contribution in [2.45, 2.75) is 39.7 Å². The molecule has 2 aromatic heterocycles. The van der Waals surface area contributed by atoms with Crippen LogP contribution in [0, 0.1) is 5.92 Å². The molecule has 1 unspecified atom stereocenters. The number of hydrogen-bond donors (Lipinski definition) is 2. The molecule has 1 atom stereocenters. The summed E-state index contributed by atoms with van der Waals surface area (Å²) in [6.45, 7) is 7.19. The molecule has 2 heterocycles. The van der Waals surface area contributed by atoms with Crippen LogP contribution in [-0.4, -0.2) is 22.6 Å². The van der Waals surface area contributed by atoms with Gasteiger partial charge in [0.15, 0.2) is 0 Å². The standard InChI is InChI=1S/C14H22N4S/c1-4-11-6-12-13(16-8-17-14(12)19-11)18-10(7-15)5-9(2)3/h6,8-10H,4-5,7,15H2,1-3H3,(H,16,17,18). The van der Waals surface area contributed by atoms with Crippen molar-refractivity contribution in [1.82, 2.24) is 9.97 Å². The number of nitrogens with one attached hydrogen (secondary N) is 1. The molecular weight excluding hydrogens is 256 g/mol. The second-order valence-electron chi connectivity index (χ2n) is 5.21. The van der Waals surface area contributed by atoms with Gasteiger partial charge in [0.05, 0.1) is 5.39 Å². The Labute approximate surface area is 118 Å². The van der Waals surface area contributed by atoms with Gasteiger partial charge in [-0.05, 0) is 24.8 Å². The lowest BCUT2D eigenvalue weighted by Crippen LogP contribution is -2.30. The van der Waals surface area contributed by atoms with Gasteiger partial charge in [0.2, 0.25) is 0 Å². The molecule has 0 bridgehead atoms. The maximum Gasteiger partial charge on any atom is 0.138 e. The minimum atomic E-state index is 0.267. The highest BCUT2D eigenvalue weighted by atomic mass is 32.1. The number of thiophene rings is 1. The van der Waals surface area contributed by atoms with Crippen molar-refractivity contribution in [2.75, 3.05) is 11.9 Å². The van der Waals surface area contributed by atoms with Gasteiger partial charge in [-0.15, -0.1) is 11.3 Å². The van der Waals surface area contributed by atoms with Crippen molar-refractivity contribution in [1.29, 1.82) is 0 Å². The summed E-state index contributed by atoms with van der Waals surface area (Å²) in [4.78, 5) is 11.1. The van der Waals surface area contributed by atoms with Crippen LogP contribution in [0.5, 0.6) is 0 Å². The molecule has 0 aliphatic heterocycles. The largest absolute Gasteiger partial charge is 0.365 e. The number of anilines is 1. The average molecular weight is 278 g/mol. The van der Waals surface area contributed by atoms with Crippen molar-refractivity contribution in [2.24, 2.45) is 11.7 Å². The topological polar surface area (TPSA) is 63.8 Å². The molecule has 2 aromatic rings. The molecule has 4 nitrogen and oxygen atoms in total. The van der Waals surface area contributed by atoms with Crippen molar-refractivity contribution in [3.8, 4) is 0 Å². The van der Waals surface area contributed by atoms with Gasteiger partial charge in [-0.3, -0.25) is 0 Å². The Kier molecular flexibility index (Phi) is 4.71. The summed E-state index contributed by atoms with van der Waals surface area (Å²) in [5.74, 6) is 1.53. The summed E-state index contributed by atoms with van der Waals surface area (Å²) >= 11 is 1.74. The third-order valence-corrected chi connectivity index (χ3v) is 4.30. The zero-order valence-corrected chi connectivity index (χ0v) is 12.6. The van der Waals surface area contributed by atoms with Gasteiger partial charge in [-0.2, -0.15) is 0 Å². The van der Waals surface area contributed by atoms with E-state index in [0.717, 1.165) is 28.9 Å². The fourth-order valence-corrected chi connectivity index (χ4v) is 3.11. The highest BCUT2D eigenvalue weighted by molar-refractivity contribution is 7.18. The lowest BCUT2D eigenvalue weighted by Gasteiger charge is -2.19. The van der Waals surface area contributed by atoms with Crippen LogP contribution in [0.4, 0.5) is 5.82 Å². The Morgan fingerprint density at radius 3 is 2.79 bits per heavy atom. The van der Waals surface area contributed by atoms with Gasteiger partial charge < -0.3 is 11.1 Å². The molecule has 0 aromatic carbocycles. The van der Waals surface area contributed by atoms with E-state index in [2.05, 4.69) is 42.1 Å². The maximum atomic E-state index is 5.84. The highest BCUT2D eigenvalue weighted by Gasteiger charge is 2.13. The van der Waals surface area contributed by atoms with Gasteiger partial charge in [-0.25, -0.2) is 9.97 Å². The highest BCUT2D eigenvalue weighted by Crippen LogP contribution is 2.29. The molecule has 0 saturated heterocycles. The fourth-order valence-electron chi connectivity index (χ4n) is 2.17. The van der Waals surface area contributed by atoms with Crippen LogP contribution in [0.1, 0.15) is 32.1 Å². The molecule has 19 heavy (non-hydrogen) atoms. The van der Waals surface area contributed by atoms with Crippen LogP contribution in [0.25, 0.3) is 10.2 Å². The molecule has 0 spiro atoms. The van der Waals surface area contributed by atoms with E-state index in [1.54, 1.807) is 17.7 Å². The normalized spacial score (nSPS) is 13.1. The maximum absolute atomic E-state index is 5.84. The van der Waals surface area contributed by atoms with E-state index in [9.17, 15) is 0 Å². The Morgan fingerprint density at radius 1 is 1.37 bits per heavy atom. The van der Waals surface area contributed by atoms with Crippen molar-refractivity contribution in [3.63, 3.8) is 0 Å². The molecule has 0 aliphatic rings. The monoisotopic (exact) mass is 278 g/mol. The third-order valence-electron chi connectivity index (χ3n) is 3.11. The van der Waals surface area contributed by atoms with Crippen molar-refractivity contribution in [3.05, 3.63) is 17.3 Å². The Hall–Kier alpha value is -1.20. The first-order chi connectivity index (χ1) is 9.13. The number of nitrogens with two attached hydrogens (primary N) is 1. The number of nitrogens with zero attached hydrogens (tertiary/aromatic N) is 2. The third kappa shape index (κ3) is 3.42. The number of aromatic nitrogens is 2. The predicted molar refractivity (Wildman–Crippen MR) is 82.7 cm³/mol. The van der Waals surface area contributed by atoms with Crippen LogP contribution < -0.4 is 11.1 Å². The van der Waals surface area contributed by atoms with Crippen LogP contribution in [0.3, 0.4) is 0 Å². The molecule has 0 saturated carbocycles. The molecule has 5 heteroatoms. The zero-order chi connectivity index (χ0) is 13.8. The molecule has 0 aliphatic carbocycles. The predicted octanol–water partition coefficient (Wildman–Crippen LogP) is 3.04. The summed E-state index contributed by atoms with van der Waals surface area (Å²) in [6.07, 6.45) is 3.71. The van der Waals surface area contributed by atoms with Gasteiger partial charge in [0, 0.05) is 17.5 Å². The second kappa shape index (κ2) is 6.30. The van der Waals surface area contributed by atoms with Crippen LogP contribution in [0.15, 0.2) is 12.4 Å². The van der Waals surface area contributed by atoms with Gasteiger partial charge >= 0.3 is 0 Å². The van der Waals surface area contributed by atoms with E-state index in [4.69, 9.17) is 5.73 Å². The Balaban J connectivity index is 2.26. The number of aryl methyl sites for hydroxylation is 1. The summed E-state index contributed by atoms with van der Waals surface area (Å²) in [5.41, 5.74) is 5.84. The zero-order valence-electron chi connectivity index (χ0n) is 11.8. The van der Waals surface area contributed by atoms with Crippen molar-refractivity contribution >= 4 is 27.4 Å². The quantitative estimate of drug-likeness (QED) is 0.852. The number of hydrogen-bond acceptors (Lipinski definition) is 5. The van der Waals surface area contributed by atoms with Crippen molar-refractivity contribution < 1.29 is 0 Å². The first-order valence-corrected chi connectivity index (χ1v) is 7.65. The Bertz CT molecular complexity index is 535. The first-order valence-electron chi connectivity index (χ1n) is 6.84. The van der Waals surface area contributed by atoms with Gasteiger partial charge in [0.1, 0.15) is 17.0 Å². The summed E-state index contributed by atoms with van der Waals surface area (Å²) in [7, 11) is 0. The second-order valence-corrected chi connectivity index (χ2v) is 6.33. The van der Waals surface area contributed by atoms with Crippen LogP contribution >= 0.6 is 11.3 Å². The lowest BCUT2D eigenvalue weighted by molar-refractivity contribution is 0.521. The summed E-state index contributed by atoms with van der Waals surface area (Å²) in [5, 5.41) is 4.59. The van der Waals surface area contributed by atoms with Crippen LogP contribution in [0.2, 0.25) is 0 Å². The van der Waals surface area contributed by atoms with E-state index in [0.29, 0.717) is 12.5 Å². The first kappa shape index (κ1) is 14.2. The molecule has 2 rings (SSSR count). The SMILES string of the molecule is CCc1cc2c(NC(CN)CC(C)C)ncnc2s1. The fraction of sp³-hybridized carbons (Fsp3) is 0.571. The average Bonchev–Trinajstić information content (AvgIpc) is 2.81. The molecule has 0 amide bonds. The van der Waals surface area contributed by atoms with E-state index in [-0.39, 0.29) is 6.04 Å².